The van der Waals surface area contributed by atoms with Crippen molar-refractivity contribution in [3.63, 3.8) is 0 Å². The molecule has 0 aromatic rings. The number of unbranched alkanes of at least 4 members (excludes halogenated alkanes) is 4. The lowest BCUT2D eigenvalue weighted by Gasteiger charge is -2.38. The van der Waals surface area contributed by atoms with Crippen LogP contribution in [0.3, 0.4) is 0 Å². The third-order valence-electron chi connectivity index (χ3n) is 4.71. The summed E-state index contributed by atoms with van der Waals surface area (Å²) in [5, 5.41) is 18.5. The molecule has 0 aliphatic carbocycles. The highest BCUT2D eigenvalue weighted by atomic mass is 16.7. The van der Waals surface area contributed by atoms with Gasteiger partial charge in [0.2, 0.25) is 0 Å². The van der Waals surface area contributed by atoms with Crippen LogP contribution in [0.15, 0.2) is 0 Å². The van der Waals surface area contributed by atoms with Gasteiger partial charge in [0.25, 0.3) is 0 Å². The Labute approximate surface area is 164 Å². The first-order valence-electron chi connectivity index (χ1n) is 9.06. The maximum absolute atomic E-state index is 12.2. The van der Waals surface area contributed by atoms with Gasteiger partial charge in [-0.3, -0.25) is 9.59 Å². The van der Waals surface area contributed by atoms with Crippen molar-refractivity contribution in [2.24, 2.45) is 5.41 Å². The largest absolute Gasteiger partial charge is 0.508 e. The summed E-state index contributed by atoms with van der Waals surface area (Å²) in [6.07, 6.45) is -1.17. The fraction of sp³-hybridized carbons (Fsp3) is 0.778. The van der Waals surface area contributed by atoms with Gasteiger partial charge in [-0.25, -0.2) is 9.59 Å². The molecular formula is C18H30O10. The smallest absolute Gasteiger partial charge is 0.481 e. The molecule has 162 valence electrons. The van der Waals surface area contributed by atoms with Crippen LogP contribution in [0.25, 0.3) is 0 Å². The monoisotopic (exact) mass is 406 g/mol. The molecule has 0 bridgehead atoms. The predicted octanol–water partition coefficient (Wildman–Crippen LogP) is 3.22. The van der Waals surface area contributed by atoms with E-state index in [-0.39, 0.29) is 12.8 Å². The minimum Gasteiger partial charge on any atom is -0.481 e. The lowest BCUT2D eigenvalue weighted by atomic mass is 9.73. The van der Waals surface area contributed by atoms with E-state index in [9.17, 15) is 24.3 Å². The van der Waals surface area contributed by atoms with E-state index in [2.05, 4.69) is 9.47 Å². The Hall–Kier alpha value is -2.52. The number of carbonyl (C=O) groups excluding carboxylic acids is 2. The minimum atomic E-state index is -1.70. The fourth-order valence-corrected chi connectivity index (χ4v) is 3.01. The van der Waals surface area contributed by atoms with Crippen LogP contribution >= 0.6 is 0 Å². The summed E-state index contributed by atoms with van der Waals surface area (Å²) >= 11 is 0. The second-order valence-electron chi connectivity index (χ2n) is 6.44. The standard InChI is InChI=1S/C18H30O10/c1-12(27-16(23)25-3)18(15(21)22,13(2)28-17(24)26-4)11-9-7-5-6-8-10-14(19)20/h12-13H,5-11H2,1-4H3,(H,19,20)(H,21,22). The van der Waals surface area contributed by atoms with Crippen LogP contribution in [0.4, 0.5) is 9.59 Å². The number of rotatable bonds is 13. The van der Waals surface area contributed by atoms with Crippen molar-refractivity contribution in [2.45, 2.75) is 71.0 Å². The zero-order chi connectivity index (χ0) is 21.7. The molecule has 0 saturated heterocycles. The van der Waals surface area contributed by atoms with Crippen LogP contribution in [0.1, 0.15) is 58.8 Å². The van der Waals surface area contributed by atoms with Crippen molar-refractivity contribution in [3.8, 4) is 0 Å². The van der Waals surface area contributed by atoms with Gasteiger partial charge in [0.15, 0.2) is 0 Å². The van der Waals surface area contributed by atoms with E-state index in [1.807, 2.05) is 0 Å². The number of carboxylic acid groups (broad SMARTS) is 2. The van der Waals surface area contributed by atoms with E-state index in [1.54, 1.807) is 0 Å². The number of hydrogen-bond acceptors (Lipinski definition) is 8. The summed E-state index contributed by atoms with van der Waals surface area (Å²) in [6.45, 7) is 2.80. The first-order valence-corrected chi connectivity index (χ1v) is 9.06. The summed E-state index contributed by atoms with van der Waals surface area (Å²) < 4.78 is 19.0. The SMILES string of the molecule is COC(=O)OC(C)C(CCCCCCCC(=O)O)(C(=O)O)C(C)OC(=O)OC. The van der Waals surface area contributed by atoms with E-state index in [0.29, 0.717) is 25.7 Å². The Kier molecular flexibility index (Phi) is 11.6. The molecule has 0 heterocycles. The molecule has 2 unspecified atom stereocenters. The molecule has 2 N–H and O–H groups in total. The van der Waals surface area contributed by atoms with Crippen molar-refractivity contribution in [3.05, 3.63) is 0 Å². The Morgan fingerprint density at radius 1 is 0.786 bits per heavy atom. The summed E-state index contributed by atoms with van der Waals surface area (Å²) in [4.78, 5) is 45.6. The highest BCUT2D eigenvalue weighted by Gasteiger charge is 2.52. The number of ether oxygens (including phenoxy) is 4. The summed E-state index contributed by atoms with van der Waals surface area (Å²) in [6, 6.07) is 0. The quantitative estimate of drug-likeness (QED) is 0.345. The van der Waals surface area contributed by atoms with Crippen molar-refractivity contribution in [1.82, 2.24) is 0 Å². The van der Waals surface area contributed by atoms with Gasteiger partial charge in [-0.05, 0) is 26.7 Å². The van der Waals surface area contributed by atoms with Crippen LogP contribution in [-0.2, 0) is 28.5 Å². The number of carbonyl (C=O) groups is 4. The maximum atomic E-state index is 12.2. The highest BCUT2D eigenvalue weighted by molar-refractivity contribution is 5.77. The van der Waals surface area contributed by atoms with Crippen LogP contribution < -0.4 is 0 Å². The third-order valence-corrected chi connectivity index (χ3v) is 4.71. The van der Waals surface area contributed by atoms with Gasteiger partial charge in [0.1, 0.15) is 17.6 Å². The van der Waals surface area contributed by atoms with Crippen LogP contribution in [0.5, 0.6) is 0 Å². The number of hydrogen-bond donors (Lipinski definition) is 2. The average molecular weight is 406 g/mol. The molecule has 10 nitrogen and oxygen atoms in total. The van der Waals surface area contributed by atoms with E-state index >= 15 is 0 Å². The molecule has 0 amide bonds. The summed E-state index contributed by atoms with van der Waals surface area (Å²) in [5.41, 5.74) is -1.70. The number of carboxylic acids is 2. The topological polar surface area (TPSA) is 146 Å². The van der Waals surface area contributed by atoms with Crippen molar-refractivity contribution >= 4 is 24.2 Å². The highest BCUT2D eigenvalue weighted by Crippen LogP contribution is 2.38. The Bertz CT molecular complexity index is 506. The molecule has 0 saturated carbocycles. The molecule has 0 aliphatic heterocycles. The number of methoxy groups -OCH3 is 2. The van der Waals surface area contributed by atoms with Crippen molar-refractivity contribution in [1.29, 1.82) is 0 Å². The second kappa shape index (κ2) is 12.8. The molecule has 28 heavy (non-hydrogen) atoms. The molecule has 0 aromatic carbocycles. The first-order chi connectivity index (χ1) is 13.1. The van der Waals surface area contributed by atoms with Gasteiger partial charge in [0.05, 0.1) is 14.2 Å². The van der Waals surface area contributed by atoms with Crippen LogP contribution in [0, 0.1) is 5.41 Å². The Morgan fingerprint density at radius 2 is 1.21 bits per heavy atom. The van der Waals surface area contributed by atoms with Gasteiger partial charge in [-0.2, -0.15) is 0 Å². The zero-order valence-electron chi connectivity index (χ0n) is 16.8. The Balaban J connectivity index is 5.17. The lowest BCUT2D eigenvalue weighted by molar-refractivity contribution is -0.170. The molecule has 0 aliphatic rings. The van der Waals surface area contributed by atoms with E-state index in [1.165, 1.54) is 13.8 Å². The lowest BCUT2D eigenvalue weighted by Crippen LogP contribution is -2.52. The Morgan fingerprint density at radius 3 is 1.61 bits per heavy atom. The van der Waals surface area contributed by atoms with Gasteiger partial charge < -0.3 is 29.2 Å². The maximum Gasteiger partial charge on any atom is 0.508 e. The van der Waals surface area contributed by atoms with Crippen LogP contribution in [0.2, 0.25) is 0 Å². The summed E-state index contributed by atoms with van der Waals surface area (Å²) in [7, 11) is 2.20. The minimum absolute atomic E-state index is 0.0670. The molecule has 0 aromatic heterocycles. The molecule has 2 atom stereocenters. The van der Waals surface area contributed by atoms with Gasteiger partial charge >= 0.3 is 24.2 Å². The van der Waals surface area contributed by atoms with E-state index < -0.39 is 41.9 Å². The molecule has 0 radical (unpaired) electrons. The molecular weight excluding hydrogens is 376 g/mol. The third kappa shape index (κ3) is 8.01. The molecule has 0 rings (SSSR count). The fourth-order valence-electron chi connectivity index (χ4n) is 3.01. The van der Waals surface area contributed by atoms with Gasteiger partial charge in [-0.15, -0.1) is 0 Å². The first kappa shape index (κ1) is 25.5. The average Bonchev–Trinajstić information content (AvgIpc) is 2.62. The van der Waals surface area contributed by atoms with Gasteiger partial charge in [-0.1, -0.05) is 25.7 Å². The zero-order valence-corrected chi connectivity index (χ0v) is 16.8. The predicted molar refractivity (Wildman–Crippen MR) is 95.9 cm³/mol. The van der Waals surface area contributed by atoms with E-state index in [0.717, 1.165) is 20.6 Å². The molecule has 0 spiro atoms. The normalized spacial score (nSPS) is 14.9. The second-order valence-corrected chi connectivity index (χ2v) is 6.44. The van der Waals surface area contributed by atoms with Crippen molar-refractivity contribution in [2.75, 3.05) is 14.2 Å². The molecule has 10 heteroatoms. The van der Waals surface area contributed by atoms with E-state index in [4.69, 9.17) is 14.6 Å². The van der Waals surface area contributed by atoms with Crippen LogP contribution in [-0.4, -0.2) is 60.9 Å². The summed E-state index contributed by atoms with van der Waals surface area (Å²) in [5.74, 6) is -2.14. The molecule has 0 fully saturated rings. The van der Waals surface area contributed by atoms with Gasteiger partial charge in [0, 0.05) is 6.42 Å². The number of aliphatic carboxylic acids is 2. The van der Waals surface area contributed by atoms with Crippen molar-refractivity contribution < 1.29 is 48.3 Å².